The van der Waals surface area contributed by atoms with E-state index < -0.39 is 22.3 Å². The summed E-state index contributed by atoms with van der Waals surface area (Å²) in [6, 6.07) is 0. The zero-order valence-corrected chi connectivity index (χ0v) is 6.96. The first-order valence-electron chi connectivity index (χ1n) is 2.55. The predicted molar refractivity (Wildman–Crippen MR) is 36.2 cm³/mol. The summed E-state index contributed by atoms with van der Waals surface area (Å²) in [6.45, 7) is 0. The van der Waals surface area contributed by atoms with Crippen molar-refractivity contribution < 1.29 is 21.9 Å². The fourth-order valence-electron chi connectivity index (χ4n) is 0.471. The van der Waals surface area contributed by atoms with Gasteiger partial charge in [-0.05, 0) is 0 Å². The Morgan fingerprint density at radius 2 is 2.17 bits per heavy atom. The monoisotopic (exact) mass is 217 g/mol. The van der Waals surface area contributed by atoms with Crippen LogP contribution in [0.3, 0.4) is 0 Å². The Hall–Kier alpha value is -0.470. The van der Waals surface area contributed by atoms with Gasteiger partial charge in [-0.1, -0.05) is 11.3 Å². The maximum absolute atomic E-state index is 11.8. The second kappa shape index (κ2) is 3.11. The molecule has 1 aromatic heterocycles. The summed E-state index contributed by atoms with van der Waals surface area (Å²) in [5.41, 5.74) is 0. The van der Waals surface area contributed by atoms with Crippen molar-refractivity contribution in [3.05, 3.63) is 11.2 Å². The number of alkyl halides is 3. The number of nitrogens with zero attached hydrogens (tertiary/aromatic N) is 1. The van der Waals surface area contributed by atoms with Crippen LogP contribution < -0.4 is 0 Å². The number of rotatable bonds is 1. The van der Waals surface area contributed by atoms with Gasteiger partial charge in [-0.15, -0.1) is 0 Å². The van der Waals surface area contributed by atoms with Gasteiger partial charge in [0, 0.05) is 0 Å². The van der Waals surface area contributed by atoms with E-state index in [0.717, 1.165) is 6.20 Å². The second-order valence-corrected chi connectivity index (χ2v) is 3.96. The predicted octanol–water partition coefficient (Wildman–Crippen LogP) is 1.74. The first-order valence-corrected chi connectivity index (χ1v) is 4.47. The van der Waals surface area contributed by atoms with Gasteiger partial charge in [0.15, 0.2) is 16.1 Å². The van der Waals surface area contributed by atoms with Crippen molar-refractivity contribution in [1.82, 2.24) is 4.98 Å². The maximum atomic E-state index is 11.8. The van der Waals surface area contributed by atoms with Gasteiger partial charge in [0.2, 0.25) is 0 Å². The normalized spacial score (nSPS) is 14.7. The molecular weight excluding hydrogens is 215 g/mol. The molecule has 68 valence electrons. The molecule has 0 bridgehead atoms. The lowest BCUT2D eigenvalue weighted by molar-refractivity contribution is -0.137. The van der Waals surface area contributed by atoms with Crippen molar-refractivity contribution in [2.45, 2.75) is 10.4 Å². The summed E-state index contributed by atoms with van der Waals surface area (Å²) < 4.78 is 53.8. The summed E-state index contributed by atoms with van der Waals surface area (Å²) in [5.74, 6) is 0. The van der Waals surface area contributed by atoms with E-state index in [2.05, 4.69) is 4.98 Å². The molecule has 1 N–H and O–H groups in total. The molecule has 0 saturated carbocycles. The highest BCUT2D eigenvalue weighted by Crippen LogP contribution is 2.33. The molecule has 0 aliphatic rings. The highest BCUT2D eigenvalue weighted by atomic mass is 32.2. The van der Waals surface area contributed by atoms with Crippen molar-refractivity contribution in [2.24, 2.45) is 0 Å². The van der Waals surface area contributed by atoms with E-state index in [4.69, 9.17) is 4.55 Å². The Labute approximate surface area is 71.5 Å². The van der Waals surface area contributed by atoms with Gasteiger partial charge in [-0.3, -0.25) is 0 Å². The molecule has 0 radical (unpaired) electrons. The van der Waals surface area contributed by atoms with Crippen molar-refractivity contribution in [1.29, 1.82) is 0 Å². The third-order valence-electron chi connectivity index (χ3n) is 0.899. The van der Waals surface area contributed by atoms with E-state index in [1.165, 1.54) is 0 Å². The highest BCUT2D eigenvalue weighted by molar-refractivity contribution is 7.81. The minimum atomic E-state index is -4.54. The fraction of sp³-hybridized carbons (Fsp3) is 0.250. The summed E-state index contributed by atoms with van der Waals surface area (Å²) in [7, 11) is 0. The number of halogens is 3. The van der Waals surface area contributed by atoms with E-state index in [-0.39, 0.29) is 15.5 Å². The third-order valence-corrected chi connectivity index (χ3v) is 2.86. The first-order chi connectivity index (χ1) is 5.41. The average molecular weight is 217 g/mol. The number of aromatic nitrogens is 1. The first kappa shape index (κ1) is 9.62. The van der Waals surface area contributed by atoms with E-state index in [9.17, 15) is 17.4 Å². The smallest absolute Gasteiger partial charge is 0.302 e. The third kappa shape index (κ3) is 2.02. The van der Waals surface area contributed by atoms with Crippen LogP contribution in [0.5, 0.6) is 0 Å². The van der Waals surface area contributed by atoms with E-state index >= 15 is 0 Å². The summed E-state index contributed by atoms with van der Waals surface area (Å²) in [5, 5.41) is -1.11. The van der Waals surface area contributed by atoms with Crippen LogP contribution in [0.25, 0.3) is 0 Å². The minimum Gasteiger partial charge on any atom is -0.302 e. The van der Waals surface area contributed by atoms with Crippen molar-refractivity contribution in [3.63, 3.8) is 0 Å². The standard InChI is InChI=1S/C4H2F3NO2S2/c5-4(6,7)3-8-1-2(11-3)12(9)10/h1H,(H,9,10). The molecule has 0 aliphatic heterocycles. The Morgan fingerprint density at radius 1 is 1.58 bits per heavy atom. The molecule has 1 heterocycles. The molecule has 0 fully saturated rings. The van der Waals surface area contributed by atoms with Crippen molar-refractivity contribution >= 4 is 22.4 Å². The lowest BCUT2D eigenvalue weighted by atomic mass is 10.7. The van der Waals surface area contributed by atoms with Crippen LogP contribution >= 0.6 is 11.3 Å². The van der Waals surface area contributed by atoms with Gasteiger partial charge in [-0.2, -0.15) is 13.2 Å². The maximum Gasteiger partial charge on any atom is 0.443 e. The molecule has 0 spiro atoms. The average Bonchev–Trinajstić information content (AvgIpc) is 2.30. The number of thiazole rings is 1. The van der Waals surface area contributed by atoms with Crippen LogP contribution in [0.1, 0.15) is 5.01 Å². The van der Waals surface area contributed by atoms with Crippen LogP contribution in [0, 0.1) is 0 Å². The van der Waals surface area contributed by atoms with Gasteiger partial charge in [0.25, 0.3) is 0 Å². The number of hydrogen-bond donors (Lipinski definition) is 1. The highest BCUT2D eigenvalue weighted by Gasteiger charge is 2.35. The molecule has 12 heavy (non-hydrogen) atoms. The summed E-state index contributed by atoms with van der Waals surface area (Å²) in [4.78, 5) is 2.95. The van der Waals surface area contributed by atoms with Crippen molar-refractivity contribution in [2.75, 3.05) is 0 Å². The van der Waals surface area contributed by atoms with E-state index in [1.54, 1.807) is 0 Å². The summed E-state index contributed by atoms with van der Waals surface area (Å²) >= 11 is -2.23. The molecule has 0 amide bonds. The Balaban J connectivity index is 3.00. The van der Waals surface area contributed by atoms with E-state index in [0.29, 0.717) is 0 Å². The largest absolute Gasteiger partial charge is 0.443 e. The quantitative estimate of drug-likeness (QED) is 0.729. The summed E-state index contributed by atoms with van der Waals surface area (Å²) in [6.07, 6.45) is -3.80. The van der Waals surface area contributed by atoms with Crippen LogP contribution in [0.15, 0.2) is 10.4 Å². The number of hydrogen-bond acceptors (Lipinski definition) is 3. The molecule has 1 aromatic rings. The van der Waals surface area contributed by atoms with Gasteiger partial charge in [-0.25, -0.2) is 9.19 Å². The lowest BCUT2D eigenvalue weighted by Gasteiger charge is -1.98. The van der Waals surface area contributed by atoms with Crippen LogP contribution in [0.2, 0.25) is 0 Å². The SMILES string of the molecule is O=S(O)c1cnc(C(F)(F)F)s1. The molecule has 8 heteroatoms. The molecular formula is C4H2F3NO2S2. The Kier molecular flexibility index (Phi) is 2.49. The zero-order valence-electron chi connectivity index (χ0n) is 5.33. The minimum absolute atomic E-state index is 0.162. The lowest BCUT2D eigenvalue weighted by Crippen LogP contribution is -2.02. The molecule has 0 saturated heterocycles. The molecule has 0 aromatic carbocycles. The molecule has 1 unspecified atom stereocenters. The second-order valence-electron chi connectivity index (χ2n) is 1.73. The molecule has 1 rings (SSSR count). The van der Waals surface area contributed by atoms with E-state index in [1.807, 2.05) is 0 Å². The Morgan fingerprint density at radius 3 is 2.42 bits per heavy atom. The topological polar surface area (TPSA) is 50.2 Å². The van der Waals surface area contributed by atoms with Gasteiger partial charge < -0.3 is 4.55 Å². The van der Waals surface area contributed by atoms with Crippen LogP contribution in [0.4, 0.5) is 13.2 Å². The fourth-order valence-corrected chi connectivity index (χ4v) is 1.65. The Bertz CT molecular complexity index is 307. The van der Waals surface area contributed by atoms with Gasteiger partial charge in [0.05, 0.1) is 6.20 Å². The van der Waals surface area contributed by atoms with Crippen LogP contribution in [-0.2, 0) is 17.3 Å². The zero-order chi connectivity index (χ0) is 9.35. The molecule has 1 atom stereocenters. The van der Waals surface area contributed by atoms with Gasteiger partial charge >= 0.3 is 6.18 Å². The molecule has 0 aliphatic carbocycles. The van der Waals surface area contributed by atoms with Crippen molar-refractivity contribution in [3.8, 4) is 0 Å². The van der Waals surface area contributed by atoms with Crippen LogP contribution in [-0.4, -0.2) is 13.7 Å². The van der Waals surface area contributed by atoms with Gasteiger partial charge in [0.1, 0.15) is 4.21 Å². The molecule has 3 nitrogen and oxygen atoms in total.